The molecule has 1 aromatic rings. The zero-order valence-electron chi connectivity index (χ0n) is 10.9. The fraction of sp³-hybridized carbons (Fsp3) is 0.533. The Labute approximate surface area is 109 Å². The Bertz CT molecular complexity index is 397. The van der Waals surface area contributed by atoms with Crippen molar-refractivity contribution in [3.05, 3.63) is 35.4 Å². The van der Waals surface area contributed by atoms with E-state index in [1.54, 1.807) is 0 Å². The van der Waals surface area contributed by atoms with Crippen LogP contribution in [0, 0.1) is 0 Å². The lowest BCUT2D eigenvalue weighted by atomic mass is 10.0. The molecule has 3 heteroatoms. The lowest BCUT2D eigenvalue weighted by molar-refractivity contribution is -0.117. The van der Waals surface area contributed by atoms with Gasteiger partial charge in [0.05, 0.1) is 6.42 Å². The van der Waals surface area contributed by atoms with Crippen LogP contribution in [0.25, 0.3) is 0 Å². The van der Waals surface area contributed by atoms with Crippen molar-refractivity contribution in [2.45, 2.75) is 32.1 Å². The molecular weight excluding hydrogens is 224 g/mol. The normalized spacial score (nSPS) is 16.0. The molecule has 0 aliphatic carbocycles. The summed E-state index contributed by atoms with van der Waals surface area (Å²) in [5.41, 5.74) is 7.55. The number of amides is 1. The first-order chi connectivity index (χ1) is 8.74. The summed E-state index contributed by atoms with van der Waals surface area (Å²) in [5.74, 6) is -0.260. The van der Waals surface area contributed by atoms with Crippen LogP contribution in [-0.2, 0) is 17.6 Å². The molecule has 1 aliphatic heterocycles. The molecule has 2 rings (SSSR count). The van der Waals surface area contributed by atoms with Crippen molar-refractivity contribution in [1.82, 2.24) is 4.90 Å². The van der Waals surface area contributed by atoms with Gasteiger partial charge in [0.15, 0.2) is 0 Å². The molecule has 0 unspecified atom stereocenters. The number of hydrogen-bond donors (Lipinski definition) is 1. The average molecular weight is 246 g/mol. The highest BCUT2D eigenvalue weighted by atomic mass is 16.1. The summed E-state index contributed by atoms with van der Waals surface area (Å²) in [6.45, 7) is 3.73. The van der Waals surface area contributed by atoms with Crippen molar-refractivity contribution in [1.29, 1.82) is 0 Å². The van der Waals surface area contributed by atoms with Crippen molar-refractivity contribution < 1.29 is 4.79 Å². The maximum atomic E-state index is 10.9. The molecule has 0 bridgehead atoms. The van der Waals surface area contributed by atoms with Crippen LogP contribution in [0.2, 0.25) is 0 Å². The van der Waals surface area contributed by atoms with E-state index in [0.717, 1.165) is 12.0 Å². The third kappa shape index (κ3) is 4.15. The van der Waals surface area contributed by atoms with Gasteiger partial charge >= 0.3 is 0 Å². The van der Waals surface area contributed by atoms with Crippen molar-refractivity contribution in [3.8, 4) is 0 Å². The summed E-state index contributed by atoms with van der Waals surface area (Å²) in [6, 6.07) is 8.22. The minimum Gasteiger partial charge on any atom is -0.369 e. The van der Waals surface area contributed by atoms with Crippen LogP contribution in [0.15, 0.2) is 24.3 Å². The molecule has 18 heavy (non-hydrogen) atoms. The second-order valence-corrected chi connectivity index (χ2v) is 5.12. The number of rotatable bonds is 6. The van der Waals surface area contributed by atoms with Crippen molar-refractivity contribution in [2.75, 3.05) is 19.6 Å². The predicted octanol–water partition coefficient (Wildman–Crippen LogP) is 1.74. The summed E-state index contributed by atoms with van der Waals surface area (Å²) in [6.07, 6.45) is 5.34. The number of aryl methyl sites for hydroxylation is 1. The molecule has 1 saturated heterocycles. The fourth-order valence-corrected chi connectivity index (χ4v) is 2.61. The summed E-state index contributed by atoms with van der Waals surface area (Å²) in [7, 11) is 0. The van der Waals surface area contributed by atoms with Gasteiger partial charge in [0.1, 0.15) is 0 Å². The number of carbonyl (C=O) groups is 1. The lowest BCUT2D eigenvalue weighted by Gasteiger charge is -2.14. The molecule has 1 aromatic carbocycles. The van der Waals surface area contributed by atoms with Crippen LogP contribution in [0.5, 0.6) is 0 Å². The zero-order chi connectivity index (χ0) is 12.8. The molecule has 0 atom stereocenters. The minimum atomic E-state index is -0.260. The highest BCUT2D eigenvalue weighted by Gasteiger charge is 2.10. The smallest absolute Gasteiger partial charge is 0.221 e. The maximum absolute atomic E-state index is 10.9. The molecule has 1 heterocycles. The highest BCUT2D eigenvalue weighted by Crippen LogP contribution is 2.11. The number of primary amides is 1. The van der Waals surface area contributed by atoms with E-state index in [-0.39, 0.29) is 5.91 Å². The van der Waals surface area contributed by atoms with Gasteiger partial charge in [0.25, 0.3) is 0 Å². The molecule has 1 aliphatic rings. The maximum Gasteiger partial charge on any atom is 0.221 e. The Morgan fingerprint density at radius 1 is 1.22 bits per heavy atom. The van der Waals surface area contributed by atoms with E-state index < -0.39 is 0 Å². The van der Waals surface area contributed by atoms with Gasteiger partial charge in [-0.15, -0.1) is 0 Å². The largest absolute Gasteiger partial charge is 0.369 e. The fourth-order valence-electron chi connectivity index (χ4n) is 2.61. The van der Waals surface area contributed by atoms with Gasteiger partial charge in [0, 0.05) is 0 Å². The van der Waals surface area contributed by atoms with Gasteiger partial charge in [-0.25, -0.2) is 0 Å². The van der Waals surface area contributed by atoms with E-state index in [9.17, 15) is 4.79 Å². The number of hydrogen-bond acceptors (Lipinski definition) is 2. The minimum absolute atomic E-state index is 0.260. The molecule has 98 valence electrons. The van der Waals surface area contributed by atoms with Gasteiger partial charge in [-0.05, 0) is 56.4 Å². The van der Waals surface area contributed by atoms with E-state index in [1.807, 2.05) is 12.1 Å². The van der Waals surface area contributed by atoms with E-state index >= 15 is 0 Å². The monoisotopic (exact) mass is 246 g/mol. The number of likely N-dealkylation sites (tertiary alicyclic amines) is 1. The van der Waals surface area contributed by atoms with Crippen LogP contribution < -0.4 is 5.73 Å². The van der Waals surface area contributed by atoms with Gasteiger partial charge in [-0.3, -0.25) is 4.79 Å². The van der Waals surface area contributed by atoms with Crippen LogP contribution in [-0.4, -0.2) is 30.4 Å². The Kier molecular flexibility index (Phi) is 4.76. The molecule has 2 N–H and O–H groups in total. The zero-order valence-corrected chi connectivity index (χ0v) is 10.9. The third-order valence-electron chi connectivity index (χ3n) is 3.51. The SMILES string of the molecule is NC(=O)Cc1cccc(CCCN2CCCC2)c1. The predicted molar refractivity (Wildman–Crippen MR) is 73.3 cm³/mol. The number of nitrogens with zero attached hydrogens (tertiary/aromatic N) is 1. The highest BCUT2D eigenvalue weighted by molar-refractivity contribution is 5.76. The first-order valence-corrected chi connectivity index (χ1v) is 6.82. The van der Waals surface area contributed by atoms with Crippen LogP contribution in [0.4, 0.5) is 0 Å². The third-order valence-corrected chi connectivity index (χ3v) is 3.51. The Morgan fingerprint density at radius 3 is 2.67 bits per heavy atom. The molecule has 1 amide bonds. The molecule has 0 spiro atoms. The van der Waals surface area contributed by atoms with E-state index in [4.69, 9.17) is 5.73 Å². The lowest BCUT2D eigenvalue weighted by Crippen LogP contribution is -2.20. The van der Waals surface area contributed by atoms with Crippen LogP contribution >= 0.6 is 0 Å². The number of benzene rings is 1. The van der Waals surface area contributed by atoms with Crippen LogP contribution in [0.3, 0.4) is 0 Å². The molecule has 0 aromatic heterocycles. The first kappa shape index (κ1) is 13.1. The van der Waals surface area contributed by atoms with Crippen LogP contribution in [0.1, 0.15) is 30.4 Å². The van der Waals surface area contributed by atoms with Gasteiger partial charge in [0.2, 0.25) is 5.91 Å². The van der Waals surface area contributed by atoms with Crippen molar-refractivity contribution in [2.24, 2.45) is 5.73 Å². The summed E-state index contributed by atoms with van der Waals surface area (Å²) >= 11 is 0. The molecule has 1 fully saturated rings. The second kappa shape index (κ2) is 6.55. The topological polar surface area (TPSA) is 46.3 Å². The summed E-state index contributed by atoms with van der Waals surface area (Å²) in [5, 5.41) is 0. The van der Waals surface area contributed by atoms with Crippen molar-refractivity contribution >= 4 is 5.91 Å². The quantitative estimate of drug-likeness (QED) is 0.831. The standard InChI is InChI=1S/C15H22N2O/c16-15(18)12-14-6-3-5-13(11-14)7-4-10-17-8-1-2-9-17/h3,5-6,11H,1-2,4,7-10,12H2,(H2,16,18). The van der Waals surface area contributed by atoms with Gasteiger partial charge in [-0.2, -0.15) is 0 Å². The summed E-state index contributed by atoms with van der Waals surface area (Å²) < 4.78 is 0. The second-order valence-electron chi connectivity index (χ2n) is 5.12. The van der Waals surface area contributed by atoms with Gasteiger partial charge < -0.3 is 10.6 Å². The Balaban J connectivity index is 1.79. The number of carbonyl (C=O) groups excluding carboxylic acids is 1. The molecule has 0 saturated carbocycles. The molecule has 0 radical (unpaired) electrons. The summed E-state index contributed by atoms with van der Waals surface area (Å²) in [4.78, 5) is 13.4. The van der Waals surface area contributed by atoms with E-state index in [2.05, 4.69) is 17.0 Å². The molecule has 3 nitrogen and oxygen atoms in total. The molecular formula is C15H22N2O. The van der Waals surface area contributed by atoms with E-state index in [1.165, 1.54) is 44.5 Å². The number of nitrogens with two attached hydrogens (primary N) is 1. The average Bonchev–Trinajstić information content (AvgIpc) is 2.82. The Hall–Kier alpha value is -1.35. The first-order valence-electron chi connectivity index (χ1n) is 6.82. The van der Waals surface area contributed by atoms with Gasteiger partial charge in [-0.1, -0.05) is 24.3 Å². The van der Waals surface area contributed by atoms with E-state index in [0.29, 0.717) is 6.42 Å². The van der Waals surface area contributed by atoms with Crippen molar-refractivity contribution in [3.63, 3.8) is 0 Å². The Morgan fingerprint density at radius 2 is 1.94 bits per heavy atom.